The van der Waals surface area contributed by atoms with Crippen molar-refractivity contribution in [1.29, 1.82) is 0 Å². The second-order valence-electron chi connectivity index (χ2n) is 4.93. The molecule has 0 aliphatic rings. The Morgan fingerprint density at radius 2 is 1.91 bits per heavy atom. The molecule has 0 spiro atoms. The number of Topliss-reactive ketones (excluding diaryl/α,β-unsaturated/α-hetero) is 1. The molecule has 0 N–H and O–H groups in total. The molecule has 114 valence electrons. The number of carbonyl (C=O) groups excluding carboxylic acids is 1. The molecule has 2 aromatic rings. The molecule has 0 heterocycles. The van der Waals surface area contributed by atoms with Gasteiger partial charge in [-0.05, 0) is 37.5 Å². The van der Waals surface area contributed by atoms with E-state index in [1.165, 1.54) is 24.6 Å². The Balaban J connectivity index is 1.97. The van der Waals surface area contributed by atoms with E-state index in [4.69, 9.17) is 4.74 Å². The summed E-state index contributed by atoms with van der Waals surface area (Å²) < 4.78 is 5.50. The van der Waals surface area contributed by atoms with Gasteiger partial charge in [-0.1, -0.05) is 30.3 Å². The van der Waals surface area contributed by atoms with Crippen LogP contribution in [0.2, 0.25) is 0 Å². The summed E-state index contributed by atoms with van der Waals surface area (Å²) in [5, 5.41) is 11.1. The minimum Gasteiger partial charge on any atom is -0.487 e. The first-order chi connectivity index (χ1) is 10.6. The number of hydrogen-bond donors (Lipinski definition) is 0. The summed E-state index contributed by atoms with van der Waals surface area (Å²) >= 11 is 0. The highest BCUT2D eigenvalue weighted by atomic mass is 16.6. The molecule has 0 atom stereocenters. The molecule has 0 aliphatic heterocycles. The third kappa shape index (κ3) is 4.15. The van der Waals surface area contributed by atoms with E-state index >= 15 is 0 Å². The minimum absolute atomic E-state index is 0.174. The molecule has 5 nitrogen and oxygen atoms in total. The zero-order valence-corrected chi connectivity index (χ0v) is 12.3. The van der Waals surface area contributed by atoms with Crippen LogP contribution in [0.3, 0.4) is 0 Å². The summed E-state index contributed by atoms with van der Waals surface area (Å²) in [5.41, 5.74) is 1.34. The van der Waals surface area contributed by atoms with Crippen molar-refractivity contribution in [3.05, 3.63) is 69.8 Å². The minimum atomic E-state index is -0.529. The molecule has 0 amide bonds. The molecule has 2 rings (SSSR count). The average molecular weight is 299 g/mol. The Morgan fingerprint density at radius 1 is 1.18 bits per heavy atom. The highest BCUT2D eigenvalue weighted by Gasteiger charge is 2.17. The predicted molar refractivity (Wildman–Crippen MR) is 83.4 cm³/mol. The van der Waals surface area contributed by atoms with Crippen LogP contribution in [0.25, 0.3) is 0 Å². The van der Waals surface area contributed by atoms with Crippen LogP contribution in [0, 0.1) is 10.1 Å². The largest absolute Gasteiger partial charge is 0.487 e. The number of rotatable bonds is 7. The summed E-state index contributed by atoms with van der Waals surface area (Å²) in [6.45, 7) is 1.76. The number of ketones is 1. The fourth-order valence-electron chi connectivity index (χ4n) is 2.10. The van der Waals surface area contributed by atoms with E-state index in [0.717, 1.165) is 12.8 Å². The molecule has 0 fully saturated rings. The predicted octanol–water partition coefficient (Wildman–Crippen LogP) is 3.81. The topological polar surface area (TPSA) is 69.4 Å². The van der Waals surface area contributed by atoms with Crippen molar-refractivity contribution in [3.8, 4) is 5.75 Å². The third-order valence-corrected chi connectivity index (χ3v) is 3.27. The van der Waals surface area contributed by atoms with Gasteiger partial charge in [-0.15, -0.1) is 0 Å². The summed E-state index contributed by atoms with van der Waals surface area (Å²) in [6.07, 6.45) is 1.61. The SMILES string of the molecule is CC(=O)c1ccc(OCCCc2ccccc2)c([N+](=O)[O-])c1. The molecule has 0 radical (unpaired) electrons. The van der Waals surface area contributed by atoms with Crippen LogP contribution in [0.15, 0.2) is 48.5 Å². The van der Waals surface area contributed by atoms with Gasteiger partial charge in [0.25, 0.3) is 0 Å². The number of hydrogen-bond acceptors (Lipinski definition) is 4. The van der Waals surface area contributed by atoms with Crippen molar-refractivity contribution >= 4 is 11.5 Å². The lowest BCUT2D eigenvalue weighted by molar-refractivity contribution is -0.385. The Hall–Kier alpha value is -2.69. The number of aryl methyl sites for hydroxylation is 1. The van der Waals surface area contributed by atoms with Gasteiger partial charge in [-0.3, -0.25) is 14.9 Å². The molecular formula is C17H17NO4. The van der Waals surface area contributed by atoms with E-state index in [1.54, 1.807) is 6.07 Å². The number of ether oxygens (including phenoxy) is 1. The first-order valence-corrected chi connectivity index (χ1v) is 7.04. The summed E-state index contributed by atoms with van der Waals surface area (Å²) in [6, 6.07) is 14.3. The van der Waals surface area contributed by atoms with E-state index in [0.29, 0.717) is 12.2 Å². The number of carbonyl (C=O) groups is 1. The molecule has 0 bridgehead atoms. The number of nitro benzene ring substituents is 1. The molecule has 0 saturated carbocycles. The Labute approximate surface area is 128 Å². The maximum Gasteiger partial charge on any atom is 0.311 e. The van der Waals surface area contributed by atoms with Crippen molar-refractivity contribution in [1.82, 2.24) is 0 Å². The first-order valence-electron chi connectivity index (χ1n) is 7.04. The zero-order chi connectivity index (χ0) is 15.9. The van der Waals surface area contributed by atoms with E-state index in [1.807, 2.05) is 30.3 Å². The monoisotopic (exact) mass is 299 g/mol. The van der Waals surface area contributed by atoms with Gasteiger partial charge in [-0.2, -0.15) is 0 Å². The van der Waals surface area contributed by atoms with Gasteiger partial charge < -0.3 is 4.74 Å². The standard InChI is InChI=1S/C17H17NO4/c1-13(19)15-9-10-17(16(12-15)18(20)21)22-11-5-8-14-6-3-2-4-7-14/h2-4,6-7,9-10,12H,5,8,11H2,1H3. The molecule has 0 aromatic heterocycles. The fraction of sp³-hybridized carbons (Fsp3) is 0.235. The summed E-state index contributed by atoms with van der Waals surface area (Å²) in [4.78, 5) is 21.8. The molecule has 0 unspecified atom stereocenters. The van der Waals surface area contributed by atoms with E-state index in [2.05, 4.69) is 0 Å². The van der Waals surface area contributed by atoms with Gasteiger partial charge in [0, 0.05) is 11.6 Å². The molecule has 5 heteroatoms. The van der Waals surface area contributed by atoms with Gasteiger partial charge in [-0.25, -0.2) is 0 Å². The molecule has 0 saturated heterocycles. The lowest BCUT2D eigenvalue weighted by Crippen LogP contribution is -2.03. The van der Waals surface area contributed by atoms with Crippen LogP contribution in [0.5, 0.6) is 5.75 Å². The smallest absolute Gasteiger partial charge is 0.311 e. The van der Waals surface area contributed by atoms with E-state index in [9.17, 15) is 14.9 Å². The van der Waals surface area contributed by atoms with Crippen LogP contribution in [-0.4, -0.2) is 17.3 Å². The van der Waals surface area contributed by atoms with Gasteiger partial charge in [0.1, 0.15) is 0 Å². The summed E-state index contributed by atoms with van der Waals surface area (Å²) in [7, 11) is 0. The maximum atomic E-state index is 11.3. The van der Waals surface area contributed by atoms with Gasteiger partial charge in [0.15, 0.2) is 11.5 Å². The van der Waals surface area contributed by atoms with Crippen LogP contribution in [0.1, 0.15) is 29.3 Å². The average Bonchev–Trinajstić information content (AvgIpc) is 2.52. The quantitative estimate of drug-likeness (QED) is 0.337. The number of nitro groups is 1. The zero-order valence-electron chi connectivity index (χ0n) is 12.3. The Bertz CT molecular complexity index is 668. The lowest BCUT2D eigenvalue weighted by atomic mass is 10.1. The van der Waals surface area contributed by atoms with E-state index < -0.39 is 4.92 Å². The van der Waals surface area contributed by atoms with Gasteiger partial charge in [0.05, 0.1) is 11.5 Å². The second-order valence-corrected chi connectivity index (χ2v) is 4.93. The van der Waals surface area contributed by atoms with Crippen molar-refractivity contribution in [2.24, 2.45) is 0 Å². The number of nitrogens with zero attached hydrogens (tertiary/aromatic N) is 1. The normalized spacial score (nSPS) is 10.2. The Kier molecular flexibility index (Phi) is 5.25. The van der Waals surface area contributed by atoms with Crippen molar-refractivity contribution in [3.63, 3.8) is 0 Å². The highest BCUT2D eigenvalue weighted by Crippen LogP contribution is 2.28. The molecular weight excluding hydrogens is 282 g/mol. The lowest BCUT2D eigenvalue weighted by Gasteiger charge is -2.07. The third-order valence-electron chi connectivity index (χ3n) is 3.27. The van der Waals surface area contributed by atoms with Gasteiger partial charge in [0.2, 0.25) is 0 Å². The highest BCUT2D eigenvalue weighted by molar-refractivity contribution is 5.95. The molecule has 22 heavy (non-hydrogen) atoms. The van der Waals surface area contributed by atoms with E-state index in [-0.39, 0.29) is 17.2 Å². The van der Waals surface area contributed by atoms with Crippen molar-refractivity contribution in [2.45, 2.75) is 19.8 Å². The molecule has 0 aliphatic carbocycles. The van der Waals surface area contributed by atoms with Crippen LogP contribution >= 0.6 is 0 Å². The Morgan fingerprint density at radius 3 is 2.55 bits per heavy atom. The number of benzene rings is 2. The fourth-order valence-corrected chi connectivity index (χ4v) is 2.10. The summed E-state index contributed by atoms with van der Waals surface area (Å²) in [5.74, 6) is -0.0122. The van der Waals surface area contributed by atoms with Crippen molar-refractivity contribution < 1.29 is 14.5 Å². The van der Waals surface area contributed by atoms with Crippen molar-refractivity contribution in [2.75, 3.05) is 6.61 Å². The van der Waals surface area contributed by atoms with Crippen LogP contribution < -0.4 is 4.74 Å². The maximum absolute atomic E-state index is 11.3. The first kappa shape index (κ1) is 15.7. The van der Waals surface area contributed by atoms with Crippen LogP contribution in [0.4, 0.5) is 5.69 Å². The van der Waals surface area contributed by atoms with Crippen LogP contribution in [-0.2, 0) is 6.42 Å². The van der Waals surface area contributed by atoms with Gasteiger partial charge >= 0.3 is 5.69 Å². The second kappa shape index (κ2) is 7.36. The molecule has 2 aromatic carbocycles.